The lowest BCUT2D eigenvalue weighted by atomic mass is 9.77. The van der Waals surface area contributed by atoms with Crippen molar-refractivity contribution in [3.8, 4) is 22.3 Å². The molecule has 0 saturated carbocycles. The molecule has 0 bridgehead atoms. The second-order valence-electron chi connectivity index (χ2n) is 20.3. The number of hydrogen-bond donors (Lipinski definition) is 0. The fraction of sp³-hybridized carbons (Fsp3) is 0.333. The Kier molecular flexibility index (Phi) is 11.5. The van der Waals surface area contributed by atoms with Crippen molar-refractivity contribution in [2.75, 3.05) is 13.1 Å². The second-order valence-corrected chi connectivity index (χ2v) is 20.3. The van der Waals surface area contributed by atoms with Crippen LogP contribution >= 0.6 is 0 Å². The fourth-order valence-electron chi connectivity index (χ4n) is 11.3. The van der Waals surface area contributed by atoms with Crippen LogP contribution in [0.3, 0.4) is 0 Å². The number of carbonyl (C=O) groups excluding carboxylic acids is 4. The van der Waals surface area contributed by atoms with Gasteiger partial charge in [-0.1, -0.05) is 165 Å². The molecule has 0 fully saturated rings. The monoisotopic (exact) mass is 872 g/mol. The van der Waals surface area contributed by atoms with Crippen molar-refractivity contribution in [2.45, 2.75) is 92.9 Å². The molecule has 0 spiro atoms. The Morgan fingerprint density at radius 2 is 0.682 bits per heavy atom. The zero-order valence-corrected chi connectivity index (χ0v) is 39.3. The molecule has 2 unspecified atom stereocenters. The van der Waals surface area contributed by atoms with Crippen LogP contribution < -0.4 is 0 Å². The molecule has 0 saturated heterocycles. The Balaban J connectivity index is 1.19. The van der Waals surface area contributed by atoms with Gasteiger partial charge in [0.05, 0.1) is 0 Å². The summed E-state index contributed by atoms with van der Waals surface area (Å²) in [7, 11) is 0. The van der Waals surface area contributed by atoms with Gasteiger partial charge in [-0.05, 0) is 126 Å². The minimum atomic E-state index is -0.240. The van der Waals surface area contributed by atoms with E-state index in [0.717, 1.165) is 104 Å². The van der Waals surface area contributed by atoms with Crippen molar-refractivity contribution in [3.63, 3.8) is 0 Å². The molecule has 66 heavy (non-hydrogen) atoms. The third-order valence-electron chi connectivity index (χ3n) is 14.8. The molecule has 6 heteroatoms. The van der Waals surface area contributed by atoms with Crippen LogP contribution in [-0.2, 0) is 0 Å². The topological polar surface area (TPSA) is 74.8 Å². The van der Waals surface area contributed by atoms with Gasteiger partial charge in [-0.25, -0.2) is 0 Å². The zero-order chi connectivity index (χ0) is 46.0. The molecule has 2 atom stereocenters. The Labute approximate surface area is 388 Å². The van der Waals surface area contributed by atoms with E-state index in [9.17, 15) is 19.2 Å². The lowest BCUT2D eigenvalue weighted by Crippen LogP contribution is -2.41. The molecular weight excluding hydrogens is 813 g/mol. The van der Waals surface area contributed by atoms with Crippen molar-refractivity contribution >= 4 is 77.5 Å². The van der Waals surface area contributed by atoms with Gasteiger partial charge in [-0.3, -0.25) is 29.0 Å². The first-order valence-corrected chi connectivity index (χ1v) is 24.5. The van der Waals surface area contributed by atoms with Crippen molar-refractivity contribution in [1.82, 2.24) is 9.80 Å². The van der Waals surface area contributed by atoms with Gasteiger partial charge in [0.15, 0.2) is 0 Å². The first kappa shape index (κ1) is 43.5. The molecule has 0 N–H and O–H groups in total. The van der Waals surface area contributed by atoms with Crippen LogP contribution in [0, 0.1) is 23.7 Å². The normalized spacial score (nSPS) is 15.0. The van der Waals surface area contributed by atoms with Crippen LogP contribution in [0.2, 0.25) is 0 Å². The van der Waals surface area contributed by atoms with Crippen molar-refractivity contribution < 1.29 is 19.2 Å². The molecule has 8 aromatic rings. The van der Waals surface area contributed by atoms with Crippen molar-refractivity contribution in [2.24, 2.45) is 23.7 Å². The van der Waals surface area contributed by atoms with E-state index < -0.39 is 0 Å². The van der Waals surface area contributed by atoms with Crippen molar-refractivity contribution in [1.29, 1.82) is 0 Å². The number of benzene rings is 8. The second kappa shape index (κ2) is 17.4. The van der Waals surface area contributed by atoms with E-state index in [1.54, 1.807) is 0 Å². The summed E-state index contributed by atoms with van der Waals surface area (Å²) in [4.78, 5) is 61.4. The fourth-order valence-corrected chi connectivity index (χ4v) is 11.3. The van der Waals surface area contributed by atoms with Gasteiger partial charge in [-0.15, -0.1) is 0 Å². The lowest BCUT2D eigenvalue weighted by Gasteiger charge is -2.31. The van der Waals surface area contributed by atoms with Crippen LogP contribution in [0.15, 0.2) is 109 Å². The van der Waals surface area contributed by atoms with Crippen LogP contribution in [-0.4, -0.2) is 46.5 Å². The predicted octanol–water partition coefficient (Wildman–Crippen LogP) is 15.1. The maximum atomic E-state index is 14.6. The molecule has 10 rings (SSSR count). The summed E-state index contributed by atoms with van der Waals surface area (Å²) >= 11 is 0. The number of nitrogens with zero attached hydrogens (tertiary/aromatic N) is 2. The quantitative estimate of drug-likeness (QED) is 0.0551. The number of carbonyl (C=O) groups is 4. The maximum absolute atomic E-state index is 14.6. The third-order valence-corrected chi connectivity index (χ3v) is 14.8. The number of hydrogen-bond acceptors (Lipinski definition) is 4. The average Bonchev–Trinajstić information content (AvgIpc) is 3.31. The average molecular weight is 873 g/mol. The van der Waals surface area contributed by atoms with E-state index in [-0.39, 0.29) is 23.6 Å². The van der Waals surface area contributed by atoms with Gasteiger partial charge < -0.3 is 0 Å². The largest absolute Gasteiger partial charge is 0.274 e. The van der Waals surface area contributed by atoms with E-state index in [1.165, 1.54) is 22.6 Å². The molecule has 2 aliphatic rings. The smallest absolute Gasteiger partial charge is 0.261 e. The number of amides is 4. The summed E-state index contributed by atoms with van der Waals surface area (Å²) in [5.41, 5.74) is 6.17. The Morgan fingerprint density at radius 1 is 0.348 bits per heavy atom. The zero-order valence-electron chi connectivity index (χ0n) is 39.3. The summed E-state index contributed by atoms with van der Waals surface area (Å²) in [6.07, 6.45) is 8.32. The van der Waals surface area contributed by atoms with Gasteiger partial charge in [0.1, 0.15) is 0 Å². The van der Waals surface area contributed by atoms with Crippen LogP contribution in [0.25, 0.3) is 76.1 Å². The molecule has 6 nitrogen and oxygen atoms in total. The summed E-state index contributed by atoms with van der Waals surface area (Å²) < 4.78 is 0. The highest BCUT2D eigenvalue weighted by atomic mass is 16.2. The van der Waals surface area contributed by atoms with Crippen LogP contribution in [0.4, 0.5) is 0 Å². The number of rotatable bonds is 16. The first-order valence-electron chi connectivity index (χ1n) is 24.5. The summed E-state index contributed by atoms with van der Waals surface area (Å²) in [6.45, 7) is 14.2. The molecular formula is C60H60N2O4. The van der Waals surface area contributed by atoms with E-state index in [2.05, 4.69) is 90.1 Å². The molecule has 2 heterocycles. The minimum Gasteiger partial charge on any atom is -0.274 e. The molecule has 334 valence electrons. The lowest BCUT2D eigenvalue weighted by molar-refractivity contribution is 0.0586. The number of fused-ring (bicyclic) bond motifs is 3. The highest BCUT2D eigenvalue weighted by Crippen LogP contribution is 2.53. The maximum Gasteiger partial charge on any atom is 0.261 e. The minimum absolute atomic E-state index is 0.240. The van der Waals surface area contributed by atoms with Gasteiger partial charge in [0.25, 0.3) is 23.6 Å². The summed E-state index contributed by atoms with van der Waals surface area (Å²) in [6, 6.07) is 36.8. The van der Waals surface area contributed by atoms with E-state index in [0.29, 0.717) is 69.8 Å². The van der Waals surface area contributed by atoms with Gasteiger partial charge >= 0.3 is 0 Å². The Morgan fingerprint density at radius 3 is 1.02 bits per heavy atom. The van der Waals surface area contributed by atoms with Crippen LogP contribution in [0.5, 0.6) is 0 Å². The summed E-state index contributed by atoms with van der Waals surface area (Å²) in [5.74, 6) is 1.15. The highest BCUT2D eigenvalue weighted by Gasteiger charge is 2.37. The molecule has 4 amide bonds. The third kappa shape index (κ3) is 7.24. The summed E-state index contributed by atoms with van der Waals surface area (Å²) in [5, 5.41) is 9.00. The molecule has 8 aromatic carbocycles. The SMILES string of the molecule is CC(C)CCCC(C)CCN1C(=O)c2ccc3c(-c4ccccc4)c4c5ccc6c7c(ccc(c(-c8ccccc8)c4c4ccc(c2c34)C1=O)c75)C(=O)N(CCC(C)CCCC(C)C)C6=O. The Bertz CT molecular complexity index is 2960. The molecule has 0 aliphatic carbocycles. The molecule has 0 radical (unpaired) electrons. The Hall–Kier alpha value is -6.40. The molecule has 0 aromatic heterocycles. The van der Waals surface area contributed by atoms with Crippen molar-refractivity contribution in [3.05, 3.63) is 131 Å². The van der Waals surface area contributed by atoms with E-state index >= 15 is 0 Å². The first-order chi connectivity index (χ1) is 31.9. The number of imide groups is 2. The standard InChI is InChI=1S/C60H60N2O4/c1-35(2)15-13-17-37(5)31-33-61-57(63)45-27-23-41-49(39-19-9-7-10-20-39)56-44-26-30-48-54-46(58(64)62(60(48)66)34-32-38(6)18-14-16-36(3)4)28-24-42(52(44)54)50(40-21-11-8-12-22-40)55(56)43-25-29-47(59(61)65)53(45)51(41)43/h7-12,19-30,35-38H,13-18,31-34H2,1-6H3. The van der Waals surface area contributed by atoms with E-state index in [1.807, 2.05) is 60.7 Å². The molecule has 2 aliphatic heterocycles. The predicted molar refractivity (Wildman–Crippen MR) is 272 cm³/mol. The van der Waals surface area contributed by atoms with E-state index in [4.69, 9.17) is 0 Å². The van der Waals surface area contributed by atoms with Crippen LogP contribution in [0.1, 0.15) is 134 Å². The van der Waals surface area contributed by atoms with Gasteiger partial charge in [0.2, 0.25) is 0 Å². The van der Waals surface area contributed by atoms with Gasteiger partial charge in [-0.2, -0.15) is 0 Å². The van der Waals surface area contributed by atoms with Gasteiger partial charge in [0, 0.05) is 46.1 Å². The highest BCUT2D eigenvalue weighted by molar-refractivity contribution is 6.44.